The first kappa shape index (κ1) is 12.0. The van der Waals surface area contributed by atoms with E-state index in [4.69, 9.17) is 5.73 Å². The van der Waals surface area contributed by atoms with Gasteiger partial charge in [-0.15, -0.1) is 11.3 Å². The molecule has 5 nitrogen and oxygen atoms in total. The molecular formula is C13H15N5S. The fourth-order valence-corrected chi connectivity index (χ4v) is 3.00. The Bertz CT molecular complexity index is 721. The van der Waals surface area contributed by atoms with Crippen LogP contribution in [-0.2, 0) is 14.1 Å². The van der Waals surface area contributed by atoms with Crippen molar-refractivity contribution >= 4 is 17.2 Å². The number of thiophene rings is 1. The molecule has 3 aromatic heterocycles. The molecule has 0 aliphatic rings. The molecule has 3 aromatic rings. The van der Waals surface area contributed by atoms with E-state index in [9.17, 15) is 0 Å². The number of hydrogen-bond donors (Lipinski definition) is 1. The molecule has 19 heavy (non-hydrogen) atoms. The van der Waals surface area contributed by atoms with E-state index in [-0.39, 0.29) is 0 Å². The Balaban J connectivity index is 2.28. The minimum absolute atomic E-state index is 0.681. The number of aromatic nitrogens is 4. The number of aryl methyl sites for hydroxylation is 3. The van der Waals surface area contributed by atoms with Crippen molar-refractivity contribution in [3.63, 3.8) is 0 Å². The predicted molar refractivity (Wildman–Crippen MR) is 77.9 cm³/mol. The van der Waals surface area contributed by atoms with Crippen LogP contribution >= 0.6 is 11.3 Å². The second-order valence-electron chi connectivity index (χ2n) is 4.51. The number of nitrogen functional groups attached to an aromatic ring is 1. The molecule has 0 aliphatic heterocycles. The largest absolute Gasteiger partial charge is 0.383 e. The number of rotatable bonds is 2. The maximum Gasteiger partial charge on any atom is 0.130 e. The fourth-order valence-electron chi connectivity index (χ4n) is 2.22. The van der Waals surface area contributed by atoms with Crippen LogP contribution in [0.15, 0.2) is 23.7 Å². The van der Waals surface area contributed by atoms with E-state index in [1.54, 1.807) is 20.7 Å². The summed E-state index contributed by atoms with van der Waals surface area (Å²) in [5, 5.41) is 11.0. The van der Waals surface area contributed by atoms with Crippen LogP contribution < -0.4 is 5.73 Å². The van der Waals surface area contributed by atoms with Crippen LogP contribution in [0.2, 0.25) is 0 Å². The van der Waals surface area contributed by atoms with Crippen molar-refractivity contribution in [2.45, 2.75) is 6.92 Å². The molecule has 0 aromatic carbocycles. The van der Waals surface area contributed by atoms with Gasteiger partial charge in [-0.2, -0.15) is 10.2 Å². The zero-order valence-electron chi connectivity index (χ0n) is 11.1. The topological polar surface area (TPSA) is 61.7 Å². The van der Waals surface area contributed by atoms with Gasteiger partial charge in [0.25, 0.3) is 0 Å². The molecule has 0 unspecified atom stereocenters. The summed E-state index contributed by atoms with van der Waals surface area (Å²) in [6.45, 7) is 1.98. The Morgan fingerprint density at radius 2 is 2.05 bits per heavy atom. The van der Waals surface area contributed by atoms with Crippen molar-refractivity contribution in [3.8, 4) is 21.7 Å². The fraction of sp³-hybridized carbons (Fsp3) is 0.231. The Kier molecular flexibility index (Phi) is 2.67. The van der Waals surface area contributed by atoms with E-state index in [1.165, 1.54) is 0 Å². The molecule has 0 spiro atoms. The molecule has 3 heterocycles. The predicted octanol–water partition coefficient (Wildman–Crippen LogP) is 2.44. The summed E-state index contributed by atoms with van der Waals surface area (Å²) in [4.78, 5) is 1.13. The second kappa shape index (κ2) is 4.24. The summed E-state index contributed by atoms with van der Waals surface area (Å²) in [5.74, 6) is 0.681. The highest BCUT2D eigenvalue weighted by Gasteiger charge is 2.20. The van der Waals surface area contributed by atoms with Crippen LogP contribution in [-0.4, -0.2) is 19.6 Å². The second-order valence-corrected chi connectivity index (χ2v) is 5.46. The van der Waals surface area contributed by atoms with Crippen molar-refractivity contribution in [1.82, 2.24) is 19.6 Å². The molecule has 98 valence electrons. The third-order valence-electron chi connectivity index (χ3n) is 3.13. The standard InChI is InChI=1S/C13H15N5S/c1-8-9(7-17(2)15-8)12-11(10-5-4-6-19-10)13(14)18(3)16-12/h4-7H,14H2,1-3H3. The van der Waals surface area contributed by atoms with Crippen LogP contribution in [0.25, 0.3) is 21.7 Å². The van der Waals surface area contributed by atoms with E-state index in [1.807, 2.05) is 38.7 Å². The molecule has 0 fully saturated rings. The van der Waals surface area contributed by atoms with Gasteiger partial charge >= 0.3 is 0 Å². The first-order chi connectivity index (χ1) is 9.08. The first-order valence-electron chi connectivity index (χ1n) is 5.95. The van der Waals surface area contributed by atoms with Gasteiger partial charge in [0.05, 0.1) is 11.3 Å². The Morgan fingerprint density at radius 3 is 2.63 bits per heavy atom. The van der Waals surface area contributed by atoms with Gasteiger partial charge in [-0.3, -0.25) is 9.36 Å². The molecule has 0 radical (unpaired) electrons. The smallest absolute Gasteiger partial charge is 0.130 e. The van der Waals surface area contributed by atoms with E-state index in [2.05, 4.69) is 16.3 Å². The van der Waals surface area contributed by atoms with Crippen molar-refractivity contribution in [3.05, 3.63) is 29.4 Å². The highest BCUT2D eigenvalue weighted by molar-refractivity contribution is 7.13. The summed E-state index contributed by atoms with van der Waals surface area (Å²) in [6, 6.07) is 4.08. The first-order valence-corrected chi connectivity index (χ1v) is 6.83. The third kappa shape index (κ3) is 1.84. The van der Waals surface area contributed by atoms with E-state index < -0.39 is 0 Å². The molecular weight excluding hydrogens is 258 g/mol. The van der Waals surface area contributed by atoms with Gasteiger partial charge in [-0.1, -0.05) is 6.07 Å². The Morgan fingerprint density at radius 1 is 1.26 bits per heavy atom. The maximum atomic E-state index is 6.17. The molecule has 0 amide bonds. The summed E-state index contributed by atoms with van der Waals surface area (Å²) < 4.78 is 3.52. The highest BCUT2D eigenvalue weighted by atomic mass is 32.1. The normalized spacial score (nSPS) is 11.1. The lowest BCUT2D eigenvalue weighted by Gasteiger charge is -2.00. The average Bonchev–Trinajstić information content (AvgIpc) is 3.02. The lowest BCUT2D eigenvalue weighted by atomic mass is 10.1. The number of nitrogens with two attached hydrogens (primary N) is 1. The Hall–Kier alpha value is -2.08. The molecule has 3 rings (SSSR count). The molecule has 0 saturated heterocycles. The number of anilines is 1. The molecule has 0 bridgehead atoms. The van der Waals surface area contributed by atoms with E-state index in [0.29, 0.717) is 5.82 Å². The maximum absolute atomic E-state index is 6.17. The van der Waals surface area contributed by atoms with Crippen LogP contribution in [0.5, 0.6) is 0 Å². The minimum Gasteiger partial charge on any atom is -0.383 e. The zero-order valence-corrected chi connectivity index (χ0v) is 11.9. The minimum atomic E-state index is 0.681. The SMILES string of the molecule is Cc1nn(C)cc1-c1nn(C)c(N)c1-c1cccs1. The van der Waals surface area contributed by atoms with Crippen molar-refractivity contribution in [2.75, 3.05) is 5.73 Å². The van der Waals surface area contributed by atoms with Gasteiger partial charge in [0.2, 0.25) is 0 Å². The quantitative estimate of drug-likeness (QED) is 0.780. The molecule has 0 aliphatic carbocycles. The molecule has 0 atom stereocenters. The van der Waals surface area contributed by atoms with Crippen molar-refractivity contribution < 1.29 is 0 Å². The van der Waals surface area contributed by atoms with Crippen molar-refractivity contribution in [2.24, 2.45) is 14.1 Å². The van der Waals surface area contributed by atoms with Gasteiger partial charge in [0.1, 0.15) is 11.5 Å². The summed E-state index contributed by atoms with van der Waals surface area (Å²) in [6.07, 6.45) is 1.98. The summed E-state index contributed by atoms with van der Waals surface area (Å²) in [7, 11) is 3.77. The van der Waals surface area contributed by atoms with Crippen molar-refractivity contribution in [1.29, 1.82) is 0 Å². The van der Waals surface area contributed by atoms with Gasteiger partial charge in [-0.25, -0.2) is 0 Å². The van der Waals surface area contributed by atoms with Gasteiger partial charge in [0.15, 0.2) is 0 Å². The highest BCUT2D eigenvalue weighted by Crippen LogP contribution is 2.38. The van der Waals surface area contributed by atoms with Crippen LogP contribution in [0.3, 0.4) is 0 Å². The lowest BCUT2D eigenvalue weighted by molar-refractivity contribution is 0.756. The summed E-state index contributed by atoms with van der Waals surface area (Å²) in [5.41, 5.74) is 10.0. The monoisotopic (exact) mass is 273 g/mol. The van der Waals surface area contributed by atoms with Crippen LogP contribution in [0.4, 0.5) is 5.82 Å². The number of hydrogen-bond acceptors (Lipinski definition) is 4. The van der Waals surface area contributed by atoms with Gasteiger partial charge < -0.3 is 5.73 Å². The van der Waals surface area contributed by atoms with Gasteiger partial charge in [-0.05, 0) is 18.4 Å². The van der Waals surface area contributed by atoms with E-state index >= 15 is 0 Å². The van der Waals surface area contributed by atoms with Crippen LogP contribution in [0, 0.1) is 6.92 Å². The lowest BCUT2D eigenvalue weighted by Crippen LogP contribution is -1.97. The summed E-state index contributed by atoms with van der Waals surface area (Å²) >= 11 is 1.66. The van der Waals surface area contributed by atoms with Gasteiger partial charge in [0, 0.05) is 30.7 Å². The number of nitrogens with zero attached hydrogens (tertiary/aromatic N) is 4. The third-order valence-corrected chi connectivity index (χ3v) is 4.02. The molecule has 6 heteroatoms. The van der Waals surface area contributed by atoms with E-state index in [0.717, 1.165) is 27.4 Å². The zero-order chi connectivity index (χ0) is 13.6. The Labute approximate surface area is 115 Å². The van der Waals surface area contributed by atoms with Crippen LogP contribution in [0.1, 0.15) is 5.69 Å². The average molecular weight is 273 g/mol. The molecule has 2 N–H and O–H groups in total. The molecule has 0 saturated carbocycles.